The average Bonchev–Trinajstić information content (AvgIpc) is 3.04. The lowest BCUT2D eigenvalue weighted by Crippen LogP contribution is -2.51. The number of fused-ring (bicyclic) bond motifs is 1. The van der Waals surface area contributed by atoms with Crippen molar-refractivity contribution in [2.75, 3.05) is 6.54 Å². The molecule has 0 aliphatic carbocycles. The van der Waals surface area contributed by atoms with Gasteiger partial charge in [0.2, 0.25) is 11.8 Å². The number of nitrogens with zero attached hydrogens (tertiary/aromatic N) is 3. The Bertz CT molecular complexity index is 1120. The van der Waals surface area contributed by atoms with Crippen LogP contribution in [0, 0.1) is 13.8 Å². The number of amides is 2. The second-order valence-electron chi connectivity index (χ2n) is 8.37. The summed E-state index contributed by atoms with van der Waals surface area (Å²) in [4.78, 5) is 26.6. The SMILES string of the molecule is Cc1nn(Cc2ccccc2)c(C)c1CNC(=O)CN1Cc2ccccc2CC1C(N)=O. The average molecular weight is 432 g/mol. The van der Waals surface area contributed by atoms with E-state index in [2.05, 4.69) is 22.5 Å². The predicted octanol–water partition coefficient (Wildman–Crippen LogP) is 2.08. The van der Waals surface area contributed by atoms with Crippen molar-refractivity contribution in [3.8, 4) is 0 Å². The highest BCUT2D eigenvalue weighted by molar-refractivity contribution is 5.83. The van der Waals surface area contributed by atoms with Crippen molar-refractivity contribution in [1.29, 1.82) is 0 Å². The molecule has 1 aromatic heterocycles. The maximum absolute atomic E-state index is 12.8. The topological polar surface area (TPSA) is 93.2 Å². The zero-order chi connectivity index (χ0) is 22.7. The number of hydrogen-bond donors (Lipinski definition) is 2. The molecule has 2 heterocycles. The van der Waals surface area contributed by atoms with Crippen LogP contribution in [0.2, 0.25) is 0 Å². The maximum Gasteiger partial charge on any atom is 0.235 e. The number of hydrogen-bond acceptors (Lipinski definition) is 4. The lowest BCUT2D eigenvalue weighted by Gasteiger charge is -2.34. The minimum Gasteiger partial charge on any atom is -0.368 e. The van der Waals surface area contributed by atoms with Gasteiger partial charge in [-0.15, -0.1) is 0 Å². The van der Waals surface area contributed by atoms with Gasteiger partial charge >= 0.3 is 0 Å². The summed E-state index contributed by atoms with van der Waals surface area (Å²) in [6.07, 6.45) is 0.531. The van der Waals surface area contributed by atoms with E-state index in [1.54, 1.807) is 0 Å². The molecule has 1 atom stereocenters. The third-order valence-electron chi connectivity index (χ3n) is 6.19. The van der Waals surface area contributed by atoms with E-state index in [0.717, 1.165) is 28.1 Å². The van der Waals surface area contributed by atoms with Gasteiger partial charge < -0.3 is 11.1 Å². The summed E-state index contributed by atoms with van der Waals surface area (Å²) < 4.78 is 1.97. The van der Waals surface area contributed by atoms with E-state index in [1.165, 1.54) is 5.56 Å². The lowest BCUT2D eigenvalue weighted by molar-refractivity contribution is -0.127. The first-order valence-electron chi connectivity index (χ1n) is 10.9. The van der Waals surface area contributed by atoms with Crippen LogP contribution in [0.5, 0.6) is 0 Å². The van der Waals surface area contributed by atoms with Gasteiger partial charge in [0.25, 0.3) is 0 Å². The van der Waals surface area contributed by atoms with Crippen molar-refractivity contribution < 1.29 is 9.59 Å². The molecule has 3 N–H and O–H groups in total. The van der Waals surface area contributed by atoms with Crippen LogP contribution >= 0.6 is 0 Å². The Morgan fingerprint density at radius 3 is 2.47 bits per heavy atom. The standard InChI is InChI=1S/C25H29N5O2/c1-17-22(18(2)30(28-17)14-19-8-4-3-5-9-19)13-27-24(31)16-29-15-21-11-7-6-10-20(21)12-23(29)25(26)32/h3-11,23H,12-16H2,1-2H3,(H2,26,32)(H,27,31). The van der Waals surface area contributed by atoms with Gasteiger partial charge in [-0.2, -0.15) is 5.10 Å². The molecule has 166 valence electrons. The maximum atomic E-state index is 12.8. The summed E-state index contributed by atoms with van der Waals surface area (Å²) in [5.74, 6) is -0.536. The number of nitrogens with two attached hydrogens (primary N) is 1. The Balaban J connectivity index is 1.40. The van der Waals surface area contributed by atoms with E-state index in [-0.39, 0.29) is 12.5 Å². The highest BCUT2D eigenvalue weighted by atomic mass is 16.2. The molecular weight excluding hydrogens is 402 g/mol. The summed E-state index contributed by atoms with van der Waals surface area (Å²) in [5.41, 5.74) is 12.0. The Kier molecular flexibility index (Phi) is 6.37. The van der Waals surface area contributed by atoms with Crippen molar-refractivity contribution in [1.82, 2.24) is 20.0 Å². The van der Waals surface area contributed by atoms with Gasteiger partial charge in [0.15, 0.2) is 0 Å². The molecule has 2 amide bonds. The molecule has 1 aliphatic rings. The van der Waals surface area contributed by atoms with Gasteiger partial charge in [-0.05, 0) is 37.0 Å². The fourth-order valence-electron chi connectivity index (χ4n) is 4.35. The number of primary amides is 1. The molecule has 0 radical (unpaired) electrons. The summed E-state index contributed by atoms with van der Waals surface area (Å²) >= 11 is 0. The fourth-order valence-corrected chi connectivity index (χ4v) is 4.35. The van der Waals surface area contributed by atoms with Crippen LogP contribution in [0.15, 0.2) is 54.6 Å². The molecule has 1 aliphatic heterocycles. The van der Waals surface area contributed by atoms with E-state index < -0.39 is 11.9 Å². The molecule has 0 spiro atoms. The van der Waals surface area contributed by atoms with Crippen molar-refractivity contribution in [3.05, 3.63) is 88.2 Å². The Morgan fingerprint density at radius 1 is 1.06 bits per heavy atom. The van der Waals surface area contributed by atoms with Crippen LogP contribution in [0.3, 0.4) is 0 Å². The second kappa shape index (κ2) is 9.36. The zero-order valence-electron chi connectivity index (χ0n) is 18.5. The van der Waals surface area contributed by atoms with Crippen molar-refractivity contribution >= 4 is 11.8 Å². The van der Waals surface area contributed by atoms with E-state index in [1.807, 2.05) is 65.9 Å². The monoisotopic (exact) mass is 431 g/mol. The van der Waals surface area contributed by atoms with Crippen LogP contribution in [-0.2, 0) is 35.6 Å². The van der Waals surface area contributed by atoms with Crippen molar-refractivity contribution in [2.24, 2.45) is 5.73 Å². The summed E-state index contributed by atoms with van der Waals surface area (Å²) in [6.45, 7) is 5.73. The molecule has 1 unspecified atom stereocenters. The van der Waals surface area contributed by atoms with Crippen molar-refractivity contribution in [2.45, 2.75) is 45.9 Å². The summed E-state index contributed by atoms with van der Waals surface area (Å²) in [7, 11) is 0. The largest absolute Gasteiger partial charge is 0.368 e. The minimum atomic E-state index is -0.479. The molecule has 0 fully saturated rings. The van der Waals surface area contributed by atoms with Gasteiger partial charge in [0.05, 0.1) is 24.8 Å². The van der Waals surface area contributed by atoms with Crippen LogP contribution in [0.25, 0.3) is 0 Å². The van der Waals surface area contributed by atoms with Gasteiger partial charge in [0.1, 0.15) is 0 Å². The summed E-state index contributed by atoms with van der Waals surface area (Å²) in [5, 5.41) is 7.66. The van der Waals surface area contributed by atoms with E-state index >= 15 is 0 Å². The van der Waals surface area contributed by atoms with E-state index in [9.17, 15) is 9.59 Å². The smallest absolute Gasteiger partial charge is 0.235 e. The third-order valence-corrected chi connectivity index (χ3v) is 6.19. The molecule has 7 heteroatoms. The number of rotatable bonds is 7. The highest BCUT2D eigenvalue weighted by Crippen LogP contribution is 2.23. The van der Waals surface area contributed by atoms with Crippen LogP contribution in [0.4, 0.5) is 0 Å². The van der Waals surface area contributed by atoms with Gasteiger partial charge in [-0.3, -0.25) is 19.2 Å². The number of aryl methyl sites for hydroxylation is 1. The van der Waals surface area contributed by atoms with Gasteiger partial charge in [-0.1, -0.05) is 54.6 Å². The van der Waals surface area contributed by atoms with E-state index in [0.29, 0.717) is 26.1 Å². The Labute approximate surface area is 188 Å². The van der Waals surface area contributed by atoms with E-state index in [4.69, 9.17) is 5.73 Å². The fraction of sp³-hybridized carbons (Fsp3) is 0.320. The van der Waals surface area contributed by atoms with Gasteiger partial charge in [0, 0.05) is 24.3 Å². The number of aromatic nitrogens is 2. The molecule has 0 saturated heterocycles. The zero-order valence-corrected chi connectivity index (χ0v) is 18.5. The first-order valence-corrected chi connectivity index (χ1v) is 10.9. The number of carbonyl (C=O) groups excluding carboxylic acids is 2. The molecule has 2 aromatic carbocycles. The van der Waals surface area contributed by atoms with Crippen LogP contribution in [0.1, 0.15) is 33.6 Å². The molecule has 0 saturated carbocycles. The molecular formula is C25H29N5O2. The first kappa shape index (κ1) is 21.8. The minimum absolute atomic E-state index is 0.123. The molecule has 4 rings (SSSR count). The van der Waals surface area contributed by atoms with Crippen LogP contribution < -0.4 is 11.1 Å². The van der Waals surface area contributed by atoms with Gasteiger partial charge in [-0.25, -0.2) is 0 Å². The molecule has 32 heavy (non-hydrogen) atoms. The first-order chi connectivity index (χ1) is 15.4. The lowest BCUT2D eigenvalue weighted by atomic mass is 9.93. The molecule has 3 aromatic rings. The second-order valence-corrected chi connectivity index (χ2v) is 8.37. The summed E-state index contributed by atoms with van der Waals surface area (Å²) in [6, 6.07) is 17.7. The normalized spacial score (nSPS) is 15.9. The Hall–Kier alpha value is -3.45. The molecule has 7 nitrogen and oxygen atoms in total. The third kappa shape index (κ3) is 4.73. The number of nitrogens with one attached hydrogen (secondary N) is 1. The van der Waals surface area contributed by atoms with Crippen molar-refractivity contribution in [3.63, 3.8) is 0 Å². The number of benzene rings is 2. The quantitative estimate of drug-likeness (QED) is 0.599. The number of carbonyl (C=O) groups is 2. The highest BCUT2D eigenvalue weighted by Gasteiger charge is 2.31. The predicted molar refractivity (Wildman–Crippen MR) is 123 cm³/mol. The van der Waals surface area contributed by atoms with Crippen LogP contribution in [-0.4, -0.2) is 39.1 Å². The molecule has 0 bridgehead atoms. The Morgan fingerprint density at radius 2 is 1.75 bits per heavy atom.